The molecular weight excluding hydrogens is 238 g/mol. The maximum absolute atomic E-state index is 11.4. The first-order valence-electron chi connectivity index (χ1n) is 5.10. The van der Waals surface area contributed by atoms with Crippen LogP contribution in [0.3, 0.4) is 0 Å². The molecule has 2 rings (SSSR count). The molecule has 2 aromatic heterocycles. The molecule has 0 unspecified atom stereocenters. The van der Waals surface area contributed by atoms with E-state index in [0.717, 1.165) is 12.8 Å². The third-order valence-corrected chi connectivity index (χ3v) is 4.26. The van der Waals surface area contributed by atoms with Crippen molar-refractivity contribution in [2.75, 3.05) is 0 Å². The van der Waals surface area contributed by atoms with Gasteiger partial charge in [-0.05, 0) is 35.7 Å². The van der Waals surface area contributed by atoms with Crippen molar-refractivity contribution in [1.82, 2.24) is 0 Å². The molecule has 0 saturated carbocycles. The summed E-state index contributed by atoms with van der Waals surface area (Å²) in [5, 5.41) is 4.05. The molecule has 16 heavy (non-hydrogen) atoms. The Hall–Kier alpha value is -1.13. The number of primary amides is 1. The van der Waals surface area contributed by atoms with Crippen molar-refractivity contribution >= 4 is 28.6 Å². The molecule has 2 N–H and O–H groups in total. The topological polar surface area (TPSA) is 43.1 Å². The first-order chi connectivity index (χ1) is 7.75. The molecule has 0 aliphatic heterocycles. The molecule has 0 fully saturated rings. The summed E-state index contributed by atoms with van der Waals surface area (Å²) < 4.78 is 0. The Bertz CT molecular complexity index is 397. The van der Waals surface area contributed by atoms with Crippen molar-refractivity contribution in [3.8, 4) is 0 Å². The second-order valence-electron chi connectivity index (χ2n) is 3.67. The van der Waals surface area contributed by atoms with Gasteiger partial charge in [0.25, 0.3) is 0 Å². The summed E-state index contributed by atoms with van der Waals surface area (Å²) in [4.78, 5) is 13.8. The molecule has 2 nitrogen and oxygen atoms in total. The number of carbonyl (C=O) groups is 1. The summed E-state index contributed by atoms with van der Waals surface area (Å²) in [5.41, 5.74) is 5.44. The molecule has 0 aromatic carbocycles. The zero-order valence-corrected chi connectivity index (χ0v) is 10.4. The molecule has 0 aliphatic rings. The molecule has 4 heteroatoms. The van der Waals surface area contributed by atoms with Gasteiger partial charge in [-0.2, -0.15) is 0 Å². The van der Waals surface area contributed by atoms with Gasteiger partial charge in [0.05, 0.1) is 0 Å². The number of carbonyl (C=O) groups excluding carboxylic acids is 1. The van der Waals surface area contributed by atoms with Crippen molar-refractivity contribution in [2.45, 2.75) is 12.8 Å². The van der Waals surface area contributed by atoms with Gasteiger partial charge in [-0.3, -0.25) is 4.79 Å². The third kappa shape index (κ3) is 2.93. The van der Waals surface area contributed by atoms with Gasteiger partial charge in [-0.1, -0.05) is 12.1 Å². The second kappa shape index (κ2) is 5.27. The van der Waals surface area contributed by atoms with Crippen LogP contribution in [0.2, 0.25) is 0 Å². The summed E-state index contributed by atoms with van der Waals surface area (Å²) in [6.07, 6.45) is 1.51. The Morgan fingerprint density at radius 3 is 1.94 bits per heavy atom. The van der Waals surface area contributed by atoms with Crippen LogP contribution < -0.4 is 5.73 Å². The van der Waals surface area contributed by atoms with Gasteiger partial charge in [0.15, 0.2) is 0 Å². The van der Waals surface area contributed by atoms with E-state index in [2.05, 4.69) is 12.1 Å². The van der Waals surface area contributed by atoms with E-state index in [1.807, 2.05) is 22.9 Å². The molecule has 2 aromatic rings. The van der Waals surface area contributed by atoms with Crippen LogP contribution >= 0.6 is 22.7 Å². The first kappa shape index (κ1) is 11.4. The van der Waals surface area contributed by atoms with Crippen LogP contribution in [0.15, 0.2) is 35.0 Å². The molecule has 0 saturated heterocycles. The molecule has 0 aliphatic carbocycles. The third-order valence-electron chi connectivity index (χ3n) is 2.46. The molecule has 0 spiro atoms. The monoisotopic (exact) mass is 251 g/mol. The molecule has 2 heterocycles. The fraction of sp³-hybridized carbons (Fsp3) is 0.250. The van der Waals surface area contributed by atoms with Crippen molar-refractivity contribution in [2.24, 2.45) is 11.7 Å². The van der Waals surface area contributed by atoms with Crippen LogP contribution in [0.4, 0.5) is 0 Å². The zero-order chi connectivity index (χ0) is 11.4. The summed E-state index contributed by atoms with van der Waals surface area (Å²) in [5.74, 6) is -0.292. The van der Waals surface area contributed by atoms with Crippen molar-refractivity contribution in [1.29, 1.82) is 0 Å². The summed E-state index contributed by atoms with van der Waals surface area (Å²) in [6, 6.07) is 8.11. The van der Waals surface area contributed by atoms with E-state index < -0.39 is 0 Å². The maximum Gasteiger partial charge on any atom is 0.221 e. The highest BCUT2D eigenvalue weighted by atomic mass is 32.1. The summed E-state index contributed by atoms with van der Waals surface area (Å²) in [6.45, 7) is 0. The van der Waals surface area contributed by atoms with Crippen molar-refractivity contribution in [3.63, 3.8) is 0 Å². The van der Waals surface area contributed by atoms with E-state index in [4.69, 9.17) is 5.73 Å². The van der Waals surface area contributed by atoms with Crippen molar-refractivity contribution in [3.05, 3.63) is 44.8 Å². The number of thiophene rings is 2. The lowest BCUT2D eigenvalue weighted by molar-refractivity contribution is -0.121. The Morgan fingerprint density at radius 2 is 1.62 bits per heavy atom. The van der Waals surface area contributed by atoms with Crippen LogP contribution in [0.5, 0.6) is 0 Å². The SMILES string of the molecule is NC(=O)C(Cc1cccs1)Cc1cccs1. The van der Waals surface area contributed by atoms with Gasteiger partial charge in [0.1, 0.15) is 0 Å². The van der Waals surface area contributed by atoms with E-state index in [1.165, 1.54) is 9.75 Å². The molecule has 1 amide bonds. The quantitative estimate of drug-likeness (QED) is 0.872. The number of hydrogen-bond acceptors (Lipinski definition) is 3. The van der Waals surface area contributed by atoms with Crippen LogP contribution in [0.1, 0.15) is 9.75 Å². The number of amides is 1. The summed E-state index contributed by atoms with van der Waals surface area (Å²) >= 11 is 3.35. The first-order valence-corrected chi connectivity index (χ1v) is 6.85. The van der Waals surface area contributed by atoms with Gasteiger partial charge >= 0.3 is 0 Å². The van der Waals surface area contributed by atoms with Crippen LogP contribution in [0, 0.1) is 5.92 Å². The highest BCUT2D eigenvalue weighted by molar-refractivity contribution is 7.10. The molecule has 0 bridgehead atoms. The van der Waals surface area contributed by atoms with Gasteiger partial charge in [-0.15, -0.1) is 22.7 Å². The number of nitrogens with two attached hydrogens (primary N) is 1. The Morgan fingerprint density at radius 1 is 1.12 bits per heavy atom. The standard InChI is InChI=1S/C12H13NOS2/c13-12(14)9(7-10-3-1-5-15-10)8-11-4-2-6-16-11/h1-6,9H,7-8H2,(H2,13,14). The van der Waals surface area contributed by atoms with Gasteiger partial charge < -0.3 is 5.73 Å². The van der Waals surface area contributed by atoms with E-state index in [1.54, 1.807) is 22.7 Å². The lowest BCUT2D eigenvalue weighted by atomic mass is 9.99. The predicted octanol–water partition coefficient (Wildman–Crippen LogP) is 2.70. The van der Waals surface area contributed by atoms with E-state index >= 15 is 0 Å². The van der Waals surface area contributed by atoms with E-state index in [-0.39, 0.29) is 11.8 Å². The average Bonchev–Trinajstić information content (AvgIpc) is 2.88. The minimum Gasteiger partial charge on any atom is -0.369 e. The fourth-order valence-electron chi connectivity index (χ4n) is 1.62. The van der Waals surface area contributed by atoms with Crippen LogP contribution in [-0.4, -0.2) is 5.91 Å². The molecular formula is C12H13NOS2. The highest BCUT2D eigenvalue weighted by Crippen LogP contribution is 2.20. The minimum atomic E-state index is -0.207. The normalized spacial score (nSPS) is 10.8. The average molecular weight is 251 g/mol. The van der Waals surface area contributed by atoms with E-state index in [9.17, 15) is 4.79 Å². The van der Waals surface area contributed by atoms with Gasteiger partial charge in [0.2, 0.25) is 5.91 Å². The smallest absolute Gasteiger partial charge is 0.221 e. The maximum atomic E-state index is 11.4. The Kier molecular flexibility index (Phi) is 3.74. The highest BCUT2D eigenvalue weighted by Gasteiger charge is 2.17. The Balaban J connectivity index is 2.03. The fourth-order valence-corrected chi connectivity index (χ4v) is 3.19. The lowest BCUT2D eigenvalue weighted by Gasteiger charge is -2.10. The molecule has 0 radical (unpaired) electrons. The molecule has 0 atom stereocenters. The second-order valence-corrected chi connectivity index (χ2v) is 5.73. The zero-order valence-electron chi connectivity index (χ0n) is 8.76. The molecule has 84 valence electrons. The van der Waals surface area contributed by atoms with Gasteiger partial charge in [0, 0.05) is 15.7 Å². The lowest BCUT2D eigenvalue weighted by Crippen LogP contribution is -2.26. The minimum absolute atomic E-state index is 0.0858. The predicted molar refractivity (Wildman–Crippen MR) is 68.7 cm³/mol. The number of rotatable bonds is 5. The van der Waals surface area contributed by atoms with Gasteiger partial charge in [-0.25, -0.2) is 0 Å². The largest absolute Gasteiger partial charge is 0.369 e. The van der Waals surface area contributed by atoms with Crippen molar-refractivity contribution < 1.29 is 4.79 Å². The van der Waals surface area contributed by atoms with Crippen LogP contribution in [-0.2, 0) is 17.6 Å². The van der Waals surface area contributed by atoms with E-state index in [0.29, 0.717) is 0 Å². The Labute approximate surface area is 103 Å². The number of hydrogen-bond donors (Lipinski definition) is 1. The van der Waals surface area contributed by atoms with Crippen LogP contribution in [0.25, 0.3) is 0 Å². The summed E-state index contributed by atoms with van der Waals surface area (Å²) in [7, 11) is 0.